The second kappa shape index (κ2) is 10.4. The first-order valence-corrected chi connectivity index (χ1v) is 9.44. The lowest BCUT2D eigenvalue weighted by molar-refractivity contribution is -0.122. The Bertz CT molecular complexity index is 602. The van der Waals surface area contributed by atoms with Gasteiger partial charge in [-0.2, -0.15) is 0 Å². The molecule has 0 radical (unpaired) electrons. The Kier molecular flexibility index (Phi) is 8.91. The zero-order valence-corrected chi connectivity index (χ0v) is 15.4. The van der Waals surface area contributed by atoms with Crippen molar-refractivity contribution < 1.29 is 17.9 Å². The van der Waals surface area contributed by atoms with Gasteiger partial charge in [-0.25, -0.2) is 13.1 Å². The number of likely N-dealkylation sites (N-methyl/N-ethyl adjacent to an activating group) is 1. The molecular formula is C16H27N3O4S. The van der Waals surface area contributed by atoms with Crippen molar-refractivity contribution in [2.75, 3.05) is 40.9 Å². The highest BCUT2D eigenvalue weighted by atomic mass is 32.2. The van der Waals surface area contributed by atoms with Crippen LogP contribution in [0.2, 0.25) is 0 Å². The summed E-state index contributed by atoms with van der Waals surface area (Å²) in [6, 6.07) is 7.16. The van der Waals surface area contributed by atoms with E-state index in [1.54, 1.807) is 19.2 Å². The Balaban J connectivity index is 2.38. The molecule has 0 aliphatic heterocycles. The summed E-state index contributed by atoms with van der Waals surface area (Å²) in [6.07, 6.45) is 0.886. The van der Waals surface area contributed by atoms with Gasteiger partial charge in [-0.05, 0) is 31.6 Å². The number of carbonyl (C=O) groups excluding carboxylic acids is 1. The molecule has 7 nitrogen and oxygen atoms in total. The van der Waals surface area contributed by atoms with Gasteiger partial charge in [-0.3, -0.25) is 9.69 Å². The van der Waals surface area contributed by atoms with Gasteiger partial charge in [0.25, 0.3) is 0 Å². The monoisotopic (exact) mass is 357 g/mol. The van der Waals surface area contributed by atoms with Crippen molar-refractivity contribution in [1.29, 1.82) is 0 Å². The van der Waals surface area contributed by atoms with Crippen LogP contribution in [0, 0.1) is 0 Å². The molecule has 1 amide bonds. The third-order valence-corrected chi connectivity index (χ3v) is 4.82. The van der Waals surface area contributed by atoms with Crippen LogP contribution in [0.15, 0.2) is 24.3 Å². The van der Waals surface area contributed by atoms with Gasteiger partial charge in [0, 0.05) is 26.8 Å². The molecule has 0 atom stereocenters. The molecule has 0 heterocycles. The minimum Gasteiger partial charge on any atom is -0.385 e. The summed E-state index contributed by atoms with van der Waals surface area (Å²) in [6.45, 7) is 2.24. The minimum absolute atomic E-state index is 0.0447. The van der Waals surface area contributed by atoms with Crippen LogP contribution in [0.3, 0.4) is 0 Å². The van der Waals surface area contributed by atoms with Crippen LogP contribution in [-0.2, 0) is 31.9 Å². The molecule has 8 heteroatoms. The van der Waals surface area contributed by atoms with Crippen LogP contribution >= 0.6 is 0 Å². The van der Waals surface area contributed by atoms with Gasteiger partial charge in [0.05, 0.1) is 12.3 Å². The number of ether oxygens (including phenoxy) is 1. The third-order valence-electron chi connectivity index (χ3n) is 3.48. The van der Waals surface area contributed by atoms with Gasteiger partial charge in [0.1, 0.15) is 0 Å². The number of nitrogens with zero attached hydrogens (tertiary/aromatic N) is 1. The number of benzene rings is 1. The van der Waals surface area contributed by atoms with Crippen molar-refractivity contribution in [2.45, 2.75) is 18.7 Å². The van der Waals surface area contributed by atoms with E-state index >= 15 is 0 Å². The SMILES string of the molecule is CNS(=O)(=O)Cc1ccc(CNC(=O)CN(C)CCCOC)cc1. The van der Waals surface area contributed by atoms with E-state index in [1.807, 2.05) is 24.1 Å². The summed E-state index contributed by atoms with van der Waals surface area (Å²) in [5.74, 6) is -0.0978. The number of amides is 1. The molecule has 0 saturated carbocycles. The van der Waals surface area contributed by atoms with Crippen LogP contribution in [0.1, 0.15) is 17.5 Å². The van der Waals surface area contributed by atoms with Gasteiger partial charge in [-0.1, -0.05) is 24.3 Å². The summed E-state index contributed by atoms with van der Waals surface area (Å²) < 4.78 is 30.2. The van der Waals surface area contributed by atoms with Crippen molar-refractivity contribution in [2.24, 2.45) is 0 Å². The normalized spacial score (nSPS) is 11.7. The van der Waals surface area contributed by atoms with Gasteiger partial charge in [0.15, 0.2) is 0 Å². The zero-order valence-electron chi connectivity index (χ0n) is 14.5. The van der Waals surface area contributed by atoms with Crippen LogP contribution in [-0.4, -0.2) is 60.1 Å². The summed E-state index contributed by atoms with van der Waals surface area (Å²) in [7, 11) is 1.68. The second-order valence-electron chi connectivity index (χ2n) is 5.64. The van der Waals surface area contributed by atoms with Crippen molar-refractivity contribution in [3.8, 4) is 0 Å². The van der Waals surface area contributed by atoms with Gasteiger partial charge < -0.3 is 10.1 Å². The van der Waals surface area contributed by atoms with Crippen LogP contribution in [0.25, 0.3) is 0 Å². The molecule has 1 rings (SSSR count). The molecule has 0 aromatic heterocycles. The van der Waals surface area contributed by atoms with E-state index in [4.69, 9.17) is 4.74 Å². The number of sulfonamides is 1. The van der Waals surface area contributed by atoms with Gasteiger partial charge in [-0.15, -0.1) is 0 Å². The van der Waals surface area contributed by atoms with E-state index in [-0.39, 0.29) is 11.7 Å². The largest absolute Gasteiger partial charge is 0.385 e. The van der Waals surface area contributed by atoms with E-state index in [0.29, 0.717) is 25.3 Å². The molecule has 0 fully saturated rings. The second-order valence-corrected chi connectivity index (χ2v) is 7.57. The Hall–Kier alpha value is -1.48. The van der Waals surface area contributed by atoms with Crippen LogP contribution in [0.4, 0.5) is 0 Å². The highest BCUT2D eigenvalue weighted by Crippen LogP contribution is 2.07. The lowest BCUT2D eigenvalue weighted by Crippen LogP contribution is -2.35. The number of nitrogens with one attached hydrogen (secondary N) is 2. The maximum Gasteiger partial charge on any atom is 0.234 e. The lowest BCUT2D eigenvalue weighted by Gasteiger charge is -2.16. The molecule has 0 aliphatic rings. The molecule has 24 heavy (non-hydrogen) atoms. The topological polar surface area (TPSA) is 87.7 Å². The molecule has 2 N–H and O–H groups in total. The van der Waals surface area contributed by atoms with E-state index < -0.39 is 10.0 Å². The fraction of sp³-hybridized carbons (Fsp3) is 0.562. The third kappa shape index (κ3) is 8.39. The smallest absolute Gasteiger partial charge is 0.234 e. The number of hydrogen-bond donors (Lipinski definition) is 2. The van der Waals surface area contributed by atoms with Gasteiger partial charge >= 0.3 is 0 Å². The van der Waals surface area contributed by atoms with Gasteiger partial charge in [0.2, 0.25) is 15.9 Å². The van der Waals surface area contributed by atoms with E-state index in [2.05, 4.69) is 10.0 Å². The number of carbonyl (C=O) groups is 1. The molecule has 1 aromatic carbocycles. The first-order chi connectivity index (χ1) is 11.4. The summed E-state index contributed by atoms with van der Waals surface area (Å²) in [4.78, 5) is 13.8. The predicted molar refractivity (Wildman–Crippen MR) is 94.0 cm³/mol. The highest BCUT2D eigenvalue weighted by Gasteiger charge is 2.09. The predicted octanol–water partition coefficient (Wildman–Crippen LogP) is 0.320. The molecule has 1 aromatic rings. The van der Waals surface area contributed by atoms with Crippen molar-refractivity contribution in [3.05, 3.63) is 35.4 Å². The standard InChI is InChI=1S/C16H27N3O4S/c1-17-24(21,22)13-15-7-5-14(6-8-15)11-18-16(20)12-19(2)9-4-10-23-3/h5-8,17H,4,9-13H2,1-3H3,(H,18,20). The summed E-state index contributed by atoms with van der Waals surface area (Å²) >= 11 is 0. The first-order valence-electron chi connectivity index (χ1n) is 7.79. The quantitative estimate of drug-likeness (QED) is 0.557. The Labute approximate surface area is 144 Å². The van der Waals surface area contributed by atoms with E-state index in [0.717, 1.165) is 18.5 Å². The molecule has 0 unspecified atom stereocenters. The zero-order chi connectivity index (χ0) is 18.0. The van der Waals surface area contributed by atoms with E-state index in [9.17, 15) is 13.2 Å². The van der Waals surface area contributed by atoms with Crippen molar-refractivity contribution >= 4 is 15.9 Å². The first kappa shape index (κ1) is 20.6. The molecule has 136 valence electrons. The number of rotatable bonds is 11. The fourth-order valence-electron chi connectivity index (χ4n) is 2.10. The molecule has 0 spiro atoms. The Morgan fingerprint density at radius 3 is 2.42 bits per heavy atom. The maximum atomic E-state index is 11.9. The van der Waals surface area contributed by atoms with Crippen molar-refractivity contribution in [1.82, 2.24) is 14.9 Å². The minimum atomic E-state index is -3.27. The molecule has 0 saturated heterocycles. The van der Waals surface area contributed by atoms with E-state index in [1.165, 1.54) is 7.05 Å². The fourth-order valence-corrected chi connectivity index (χ4v) is 2.88. The molecule has 0 aliphatic carbocycles. The maximum absolute atomic E-state index is 11.9. The lowest BCUT2D eigenvalue weighted by atomic mass is 10.1. The van der Waals surface area contributed by atoms with Crippen molar-refractivity contribution in [3.63, 3.8) is 0 Å². The summed E-state index contributed by atoms with van der Waals surface area (Å²) in [5, 5.41) is 2.86. The Morgan fingerprint density at radius 2 is 1.83 bits per heavy atom. The average Bonchev–Trinajstić information content (AvgIpc) is 2.54. The Morgan fingerprint density at radius 1 is 1.21 bits per heavy atom. The molecular weight excluding hydrogens is 330 g/mol. The average molecular weight is 357 g/mol. The van der Waals surface area contributed by atoms with Crippen LogP contribution in [0.5, 0.6) is 0 Å². The van der Waals surface area contributed by atoms with Crippen LogP contribution < -0.4 is 10.0 Å². The summed E-state index contributed by atoms with van der Waals surface area (Å²) in [5.41, 5.74) is 1.63. The number of hydrogen-bond acceptors (Lipinski definition) is 5. The highest BCUT2D eigenvalue weighted by molar-refractivity contribution is 7.88. The number of methoxy groups -OCH3 is 1. The molecule has 0 bridgehead atoms.